The Labute approximate surface area is 167 Å². The molecule has 2 aromatic carbocycles. The first-order valence-corrected chi connectivity index (χ1v) is 10.0. The van der Waals surface area contributed by atoms with Gasteiger partial charge in [-0.05, 0) is 25.5 Å². The Morgan fingerprint density at radius 1 is 1.29 bits per heavy atom. The number of rotatable bonds is 7. The van der Waals surface area contributed by atoms with E-state index in [1.54, 1.807) is 17.8 Å². The van der Waals surface area contributed by atoms with Gasteiger partial charge in [0.25, 0.3) is 5.69 Å². The highest BCUT2D eigenvalue weighted by atomic mass is 32.2. The minimum atomic E-state index is -0.500. The van der Waals surface area contributed by atoms with E-state index in [0.29, 0.717) is 24.5 Å². The van der Waals surface area contributed by atoms with Gasteiger partial charge >= 0.3 is 0 Å². The highest BCUT2D eigenvalue weighted by Crippen LogP contribution is 2.32. The third kappa shape index (κ3) is 4.69. The van der Waals surface area contributed by atoms with Crippen LogP contribution in [0.4, 0.5) is 11.4 Å². The van der Waals surface area contributed by atoms with Crippen LogP contribution >= 0.6 is 11.8 Å². The third-order valence-corrected chi connectivity index (χ3v) is 5.25. The summed E-state index contributed by atoms with van der Waals surface area (Å²) in [6.07, 6.45) is 0.994. The smallest absolute Gasteiger partial charge is 0.270 e. The van der Waals surface area contributed by atoms with E-state index < -0.39 is 4.92 Å². The maximum atomic E-state index is 12.9. The highest BCUT2D eigenvalue weighted by Gasteiger charge is 2.24. The minimum Gasteiger partial charge on any atom is -0.492 e. The molecule has 146 valence electrons. The fourth-order valence-corrected chi connectivity index (χ4v) is 3.81. The van der Waals surface area contributed by atoms with Gasteiger partial charge in [0, 0.05) is 30.0 Å². The second kappa shape index (κ2) is 9.36. The predicted molar refractivity (Wildman–Crippen MR) is 112 cm³/mol. The molecule has 1 aliphatic rings. The van der Waals surface area contributed by atoms with Crippen molar-refractivity contribution in [3.63, 3.8) is 0 Å². The van der Waals surface area contributed by atoms with Crippen molar-refractivity contribution in [2.75, 3.05) is 30.3 Å². The van der Waals surface area contributed by atoms with Crippen LogP contribution in [-0.2, 0) is 0 Å². The van der Waals surface area contributed by atoms with Crippen molar-refractivity contribution in [2.24, 2.45) is 4.99 Å². The van der Waals surface area contributed by atoms with Crippen LogP contribution in [0, 0.1) is 10.1 Å². The Morgan fingerprint density at radius 2 is 2.11 bits per heavy atom. The van der Waals surface area contributed by atoms with Gasteiger partial charge in [0.1, 0.15) is 5.75 Å². The number of nitro benzene ring substituents is 1. The number of Topliss-reactive ketones (excluding diaryl/α,β-unsaturated/α-hetero) is 1. The molecule has 28 heavy (non-hydrogen) atoms. The Kier molecular flexibility index (Phi) is 6.65. The molecule has 0 atom stereocenters. The summed E-state index contributed by atoms with van der Waals surface area (Å²) in [6, 6.07) is 13.3. The normalized spacial score (nSPS) is 13.5. The number of thioether (sulfide) groups is 1. The van der Waals surface area contributed by atoms with Crippen LogP contribution in [-0.4, -0.2) is 41.3 Å². The van der Waals surface area contributed by atoms with E-state index in [1.165, 1.54) is 18.2 Å². The number of para-hydroxylation sites is 2. The molecule has 0 saturated heterocycles. The molecule has 2 aromatic rings. The van der Waals surface area contributed by atoms with Crippen molar-refractivity contribution in [1.82, 2.24) is 0 Å². The van der Waals surface area contributed by atoms with Crippen LogP contribution in [0.1, 0.15) is 23.7 Å². The number of nitrogens with zero attached hydrogens (tertiary/aromatic N) is 3. The molecule has 0 spiro atoms. The van der Waals surface area contributed by atoms with Gasteiger partial charge in [0.15, 0.2) is 11.0 Å². The first-order valence-electron chi connectivity index (χ1n) is 9.04. The van der Waals surface area contributed by atoms with E-state index in [0.717, 1.165) is 23.0 Å². The molecule has 0 N–H and O–H groups in total. The lowest BCUT2D eigenvalue weighted by Crippen LogP contribution is -2.36. The molecule has 0 saturated carbocycles. The standard InChI is InChI=1S/C20H21N3O4S/c1-2-27-19-10-4-3-9-17(19)22(20-21-11-6-12-28-20)14-18(24)15-7-5-8-16(13-15)23(25)26/h3-5,7-10,13H,2,6,11-12,14H2,1H3. The molecular formula is C20H21N3O4S. The van der Waals surface area contributed by atoms with E-state index in [9.17, 15) is 14.9 Å². The van der Waals surface area contributed by atoms with Gasteiger partial charge in [-0.3, -0.25) is 19.9 Å². The van der Waals surface area contributed by atoms with Gasteiger partial charge in [-0.2, -0.15) is 0 Å². The number of hydrogen-bond donors (Lipinski definition) is 0. The van der Waals surface area contributed by atoms with E-state index in [2.05, 4.69) is 4.99 Å². The number of ketones is 1. The molecule has 0 bridgehead atoms. The number of non-ortho nitro benzene ring substituents is 1. The summed E-state index contributed by atoms with van der Waals surface area (Å²) in [6.45, 7) is 3.14. The molecule has 0 fully saturated rings. The molecule has 0 aromatic heterocycles. The maximum Gasteiger partial charge on any atom is 0.270 e. The van der Waals surface area contributed by atoms with Crippen LogP contribution in [0.15, 0.2) is 53.5 Å². The lowest BCUT2D eigenvalue weighted by Gasteiger charge is -2.28. The summed E-state index contributed by atoms with van der Waals surface area (Å²) in [4.78, 5) is 29.9. The first-order chi connectivity index (χ1) is 13.6. The van der Waals surface area contributed by atoms with Crippen LogP contribution in [0.5, 0.6) is 5.75 Å². The van der Waals surface area contributed by atoms with Crippen molar-refractivity contribution in [3.8, 4) is 5.75 Å². The zero-order chi connectivity index (χ0) is 19.9. The summed E-state index contributed by atoms with van der Waals surface area (Å²) < 4.78 is 5.74. The minimum absolute atomic E-state index is 0.0249. The van der Waals surface area contributed by atoms with Gasteiger partial charge in [0.2, 0.25) is 0 Å². The largest absolute Gasteiger partial charge is 0.492 e. The molecule has 0 unspecified atom stereocenters. The molecule has 3 rings (SSSR count). The number of carbonyl (C=O) groups excluding carboxylic acids is 1. The zero-order valence-corrected chi connectivity index (χ0v) is 16.4. The van der Waals surface area contributed by atoms with Crippen LogP contribution < -0.4 is 9.64 Å². The second-order valence-electron chi connectivity index (χ2n) is 6.08. The molecule has 1 heterocycles. The quantitative estimate of drug-likeness (QED) is 0.394. The fraction of sp³-hybridized carbons (Fsp3) is 0.300. The van der Waals surface area contributed by atoms with Gasteiger partial charge in [-0.1, -0.05) is 36.0 Å². The van der Waals surface area contributed by atoms with Crippen LogP contribution in [0.25, 0.3) is 0 Å². The van der Waals surface area contributed by atoms with Crippen molar-refractivity contribution in [3.05, 3.63) is 64.2 Å². The lowest BCUT2D eigenvalue weighted by molar-refractivity contribution is -0.384. The average Bonchev–Trinajstić information content (AvgIpc) is 2.73. The number of hydrogen-bond acceptors (Lipinski definition) is 7. The number of ether oxygens (including phenoxy) is 1. The summed E-state index contributed by atoms with van der Waals surface area (Å²) in [5.74, 6) is 1.38. The Balaban J connectivity index is 1.94. The molecule has 7 nitrogen and oxygen atoms in total. The number of carbonyl (C=O) groups is 1. The topological polar surface area (TPSA) is 85.0 Å². The molecule has 0 radical (unpaired) electrons. The second-order valence-corrected chi connectivity index (χ2v) is 7.15. The zero-order valence-electron chi connectivity index (χ0n) is 15.5. The van der Waals surface area contributed by atoms with Crippen molar-refractivity contribution in [1.29, 1.82) is 0 Å². The fourth-order valence-electron chi connectivity index (χ4n) is 2.85. The molecule has 0 aliphatic carbocycles. The number of anilines is 1. The first kappa shape index (κ1) is 19.9. The maximum absolute atomic E-state index is 12.9. The van der Waals surface area contributed by atoms with Gasteiger partial charge in [-0.25, -0.2) is 0 Å². The van der Waals surface area contributed by atoms with E-state index in [4.69, 9.17) is 4.74 Å². The lowest BCUT2D eigenvalue weighted by atomic mass is 10.1. The highest BCUT2D eigenvalue weighted by molar-refractivity contribution is 8.14. The van der Waals surface area contributed by atoms with E-state index >= 15 is 0 Å². The number of nitro groups is 1. The monoisotopic (exact) mass is 399 g/mol. The summed E-state index contributed by atoms with van der Waals surface area (Å²) >= 11 is 1.60. The van der Waals surface area contributed by atoms with Gasteiger partial charge in [-0.15, -0.1) is 0 Å². The SMILES string of the molecule is CCOc1ccccc1N(CC(=O)c1cccc([N+](=O)[O-])c1)C1=NCCCS1. The number of amidine groups is 1. The van der Waals surface area contributed by atoms with Crippen molar-refractivity contribution >= 4 is 34.1 Å². The molecular weight excluding hydrogens is 378 g/mol. The van der Waals surface area contributed by atoms with Crippen LogP contribution in [0.3, 0.4) is 0 Å². The predicted octanol–water partition coefficient (Wildman–Crippen LogP) is 4.18. The summed E-state index contributed by atoms with van der Waals surface area (Å²) in [5, 5.41) is 11.8. The summed E-state index contributed by atoms with van der Waals surface area (Å²) in [5.41, 5.74) is 0.960. The van der Waals surface area contributed by atoms with Gasteiger partial charge in [0.05, 0.1) is 23.8 Å². The number of benzene rings is 2. The number of aliphatic imine (C=N–C) groups is 1. The Hall–Kier alpha value is -2.87. The van der Waals surface area contributed by atoms with E-state index in [1.807, 2.05) is 36.1 Å². The Morgan fingerprint density at radius 3 is 2.82 bits per heavy atom. The molecule has 1 aliphatic heterocycles. The van der Waals surface area contributed by atoms with Crippen molar-refractivity contribution < 1.29 is 14.5 Å². The van der Waals surface area contributed by atoms with Crippen LogP contribution in [0.2, 0.25) is 0 Å². The van der Waals surface area contributed by atoms with Gasteiger partial charge < -0.3 is 9.64 Å². The molecule has 0 amide bonds. The Bertz CT molecular complexity index is 901. The van der Waals surface area contributed by atoms with E-state index in [-0.39, 0.29) is 18.0 Å². The molecule has 8 heteroatoms. The summed E-state index contributed by atoms with van der Waals surface area (Å²) in [7, 11) is 0. The average molecular weight is 399 g/mol. The van der Waals surface area contributed by atoms with Crippen molar-refractivity contribution in [2.45, 2.75) is 13.3 Å². The third-order valence-electron chi connectivity index (χ3n) is 4.15.